The van der Waals surface area contributed by atoms with Gasteiger partial charge in [-0.1, -0.05) is 0 Å². The van der Waals surface area contributed by atoms with E-state index in [0.29, 0.717) is 6.04 Å². The van der Waals surface area contributed by atoms with Gasteiger partial charge < -0.3 is 10.6 Å². The van der Waals surface area contributed by atoms with Crippen molar-refractivity contribution >= 4 is 0 Å². The van der Waals surface area contributed by atoms with E-state index in [1.807, 2.05) is 12.4 Å². The summed E-state index contributed by atoms with van der Waals surface area (Å²) in [5, 5.41) is 13.7. The van der Waals surface area contributed by atoms with Crippen molar-refractivity contribution in [1.82, 2.24) is 20.8 Å². The molecule has 1 aliphatic carbocycles. The third-order valence-corrected chi connectivity index (χ3v) is 2.50. The maximum Gasteiger partial charge on any atom is 0.0532 e. The highest BCUT2D eigenvalue weighted by molar-refractivity contribution is 5.01. The van der Waals surface area contributed by atoms with Crippen molar-refractivity contribution < 1.29 is 0 Å². The molecular formula is C10H18N4. The van der Waals surface area contributed by atoms with Crippen LogP contribution < -0.4 is 10.6 Å². The van der Waals surface area contributed by atoms with Gasteiger partial charge >= 0.3 is 0 Å². The predicted octanol–water partition coefficient (Wildman–Crippen LogP) is 0.640. The van der Waals surface area contributed by atoms with Crippen LogP contribution >= 0.6 is 0 Å². The molecule has 1 aromatic rings. The van der Waals surface area contributed by atoms with Crippen LogP contribution in [0.4, 0.5) is 0 Å². The minimum absolute atomic E-state index is 0.519. The Hall–Kier alpha value is -0.870. The highest BCUT2D eigenvalue weighted by atomic mass is 15.1. The molecule has 4 heteroatoms. The molecule has 0 bridgehead atoms. The van der Waals surface area contributed by atoms with Gasteiger partial charge in [0.2, 0.25) is 0 Å². The lowest BCUT2D eigenvalue weighted by Gasteiger charge is -2.13. The summed E-state index contributed by atoms with van der Waals surface area (Å²) >= 11 is 0. The van der Waals surface area contributed by atoms with Crippen LogP contribution in [0.25, 0.3) is 0 Å². The molecule has 14 heavy (non-hydrogen) atoms. The van der Waals surface area contributed by atoms with Gasteiger partial charge in [-0.25, -0.2) is 0 Å². The lowest BCUT2D eigenvalue weighted by atomic mass is 10.3. The Morgan fingerprint density at radius 1 is 1.64 bits per heavy atom. The van der Waals surface area contributed by atoms with Crippen molar-refractivity contribution in [3.63, 3.8) is 0 Å². The summed E-state index contributed by atoms with van der Waals surface area (Å²) in [5.74, 6) is 0. The summed E-state index contributed by atoms with van der Waals surface area (Å²) in [5.41, 5.74) is 1.21. The van der Waals surface area contributed by atoms with Gasteiger partial charge in [-0.15, -0.1) is 0 Å². The fraction of sp³-hybridized carbons (Fsp3) is 0.700. The Labute approximate surface area is 84.5 Å². The molecule has 0 aliphatic heterocycles. The molecule has 78 valence electrons. The first-order chi connectivity index (χ1) is 6.84. The minimum atomic E-state index is 0.519. The first-order valence-corrected chi connectivity index (χ1v) is 5.29. The summed E-state index contributed by atoms with van der Waals surface area (Å²) < 4.78 is 0. The summed E-state index contributed by atoms with van der Waals surface area (Å²) in [6.45, 7) is 4.15. The van der Waals surface area contributed by atoms with Crippen molar-refractivity contribution in [2.75, 3.05) is 6.54 Å². The number of hydrogen-bond acceptors (Lipinski definition) is 3. The normalized spacial score (nSPS) is 18.4. The second-order valence-electron chi connectivity index (χ2n) is 4.07. The van der Waals surface area contributed by atoms with Crippen LogP contribution in [-0.4, -0.2) is 28.8 Å². The largest absolute Gasteiger partial charge is 0.312 e. The van der Waals surface area contributed by atoms with Crippen molar-refractivity contribution in [2.45, 2.75) is 38.4 Å². The number of H-pyrrole nitrogens is 1. The molecular weight excluding hydrogens is 176 g/mol. The summed E-state index contributed by atoms with van der Waals surface area (Å²) in [4.78, 5) is 0. The van der Waals surface area contributed by atoms with Crippen molar-refractivity contribution in [2.24, 2.45) is 0 Å². The average Bonchev–Trinajstić information content (AvgIpc) is 2.87. The monoisotopic (exact) mass is 194 g/mol. The average molecular weight is 194 g/mol. The number of nitrogens with zero attached hydrogens (tertiary/aromatic N) is 1. The van der Waals surface area contributed by atoms with Gasteiger partial charge in [-0.2, -0.15) is 5.10 Å². The zero-order valence-corrected chi connectivity index (χ0v) is 8.59. The van der Waals surface area contributed by atoms with E-state index in [0.717, 1.165) is 19.1 Å². The van der Waals surface area contributed by atoms with E-state index in [9.17, 15) is 0 Å². The summed E-state index contributed by atoms with van der Waals surface area (Å²) in [6, 6.07) is 1.32. The number of rotatable bonds is 6. The molecule has 0 amide bonds. The molecule has 0 aromatic carbocycles. The maximum absolute atomic E-state index is 3.90. The van der Waals surface area contributed by atoms with Gasteiger partial charge in [0.25, 0.3) is 0 Å². The molecule has 1 aliphatic rings. The molecule has 1 unspecified atom stereocenters. The molecule has 3 N–H and O–H groups in total. The van der Waals surface area contributed by atoms with E-state index in [1.54, 1.807) is 0 Å². The zero-order valence-electron chi connectivity index (χ0n) is 8.59. The lowest BCUT2D eigenvalue weighted by molar-refractivity contribution is 0.500. The van der Waals surface area contributed by atoms with E-state index in [1.165, 1.54) is 18.4 Å². The Morgan fingerprint density at radius 2 is 2.50 bits per heavy atom. The standard InChI is InChI=1S/C10H18N4/c1-8(4-12-10-2-3-10)11-5-9-6-13-14-7-9/h6-8,10-12H,2-5H2,1H3,(H,13,14). The third kappa shape index (κ3) is 3.12. The van der Waals surface area contributed by atoms with Gasteiger partial charge in [-0.05, 0) is 19.8 Å². The van der Waals surface area contributed by atoms with E-state index < -0.39 is 0 Å². The number of aromatic amines is 1. The van der Waals surface area contributed by atoms with Crippen molar-refractivity contribution in [1.29, 1.82) is 0 Å². The third-order valence-electron chi connectivity index (χ3n) is 2.50. The molecule has 0 radical (unpaired) electrons. The lowest BCUT2D eigenvalue weighted by Crippen LogP contribution is -2.36. The number of aromatic nitrogens is 2. The Bertz CT molecular complexity index is 253. The zero-order chi connectivity index (χ0) is 9.80. The quantitative estimate of drug-likeness (QED) is 0.623. The first kappa shape index (κ1) is 9.68. The maximum atomic E-state index is 3.90. The molecule has 1 heterocycles. The van der Waals surface area contributed by atoms with Crippen LogP contribution in [-0.2, 0) is 6.54 Å². The highest BCUT2D eigenvalue weighted by Crippen LogP contribution is 2.18. The van der Waals surface area contributed by atoms with E-state index in [4.69, 9.17) is 0 Å². The highest BCUT2D eigenvalue weighted by Gasteiger charge is 2.20. The second kappa shape index (κ2) is 4.57. The summed E-state index contributed by atoms with van der Waals surface area (Å²) in [7, 11) is 0. The molecule has 1 atom stereocenters. The second-order valence-corrected chi connectivity index (χ2v) is 4.07. The number of nitrogens with one attached hydrogen (secondary N) is 3. The van der Waals surface area contributed by atoms with Crippen LogP contribution in [0.2, 0.25) is 0 Å². The molecule has 4 nitrogen and oxygen atoms in total. The Morgan fingerprint density at radius 3 is 3.14 bits per heavy atom. The van der Waals surface area contributed by atoms with E-state index >= 15 is 0 Å². The van der Waals surface area contributed by atoms with Crippen molar-refractivity contribution in [3.8, 4) is 0 Å². The predicted molar refractivity (Wildman–Crippen MR) is 55.9 cm³/mol. The Balaban J connectivity index is 1.59. The molecule has 1 aromatic heterocycles. The van der Waals surface area contributed by atoms with E-state index in [2.05, 4.69) is 27.8 Å². The van der Waals surface area contributed by atoms with Crippen LogP contribution in [0.15, 0.2) is 12.4 Å². The first-order valence-electron chi connectivity index (χ1n) is 5.29. The smallest absolute Gasteiger partial charge is 0.0532 e. The van der Waals surface area contributed by atoms with E-state index in [-0.39, 0.29) is 0 Å². The number of hydrogen-bond donors (Lipinski definition) is 3. The van der Waals surface area contributed by atoms with Crippen LogP contribution in [0.5, 0.6) is 0 Å². The molecule has 1 saturated carbocycles. The van der Waals surface area contributed by atoms with Gasteiger partial charge in [-0.3, -0.25) is 5.10 Å². The van der Waals surface area contributed by atoms with Gasteiger partial charge in [0, 0.05) is 36.9 Å². The molecule has 0 saturated heterocycles. The van der Waals surface area contributed by atoms with Crippen LogP contribution in [0, 0.1) is 0 Å². The molecule has 1 fully saturated rings. The topological polar surface area (TPSA) is 52.7 Å². The fourth-order valence-electron chi connectivity index (χ4n) is 1.37. The van der Waals surface area contributed by atoms with Gasteiger partial charge in [0.1, 0.15) is 0 Å². The minimum Gasteiger partial charge on any atom is -0.312 e. The fourth-order valence-corrected chi connectivity index (χ4v) is 1.37. The van der Waals surface area contributed by atoms with Gasteiger partial charge in [0.05, 0.1) is 6.20 Å². The summed E-state index contributed by atoms with van der Waals surface area (Å²) in [6.07, 6.45) is 6.49. The van der Waals surface area contributed by atoms with Crippen LogP contribution in [0.3, 0.4) is 0 Å². The van der Waals surface area contributed by atoms with Crippen molar-refractivity contribution in [3.05, 3.63) is 18.0 Å². The van der Waals surface area contributed by atoms with Crippen LogP contribution in [0.1, 0.15) is 25.3 Å². The SMILES string of the molecule is CC(CNC1CC1)NCc1cn[nH]c1. The van der Waals surface area contributed by atoms with Gasteiger partial charge in [0.15, 0.2) is 0 Å². The Kier molecular flexibility index (Phi) is 3.16. The molecule has 0 spiro atoms. The molecule has 2 rings (SSSR count).